The molecule has 4 amide bonds. The highest BCUT2D eigenvalue weighted by atomic mass is 16.2. The molecule has 0 radical (unpaired) electrons. The van der Waals surface area contributed by atoms with Gasteiger partial charge in [-0.1, -0.05) is 37.3 Å². The highest BCUT2D eigenvalue weighted by Crippen LogP contribution is 2.26. The number of aryl methyl sites for hydroxylation is 1. The average Bonchev–Trinajstić information content (AvgIpc) is 2.91. The van der Waals surface area contributed by atoms with Gasteiger partial charge in [-0.2, -0.15) is 5.01 Å². The Labute approximate surface area is 172 Å². The van der Waals surface area contributed by atoms with E-state index in [1.165, 1.54) is 12.8 Å². The number of carbonyl (C=O) groups is 3. The minimum absolute atomic E-state index is 0.164. The quantitative estimate of drug-likeness (QED) is 0.689. The fourth-order valence-electron chi connectivity index (χ4n) is 4.19. The molecule has 1 heterocycles. The van der Waals surface area contributed by atoms with E-state index in [-0.39, 0.29) is 12.5 Å². The Morgan fingerprint density at radius 2 is 1.86 bits per heavy atom. The zero-order valence-electron chi connectivity index (χ0n) is 17.6. The zero-order valence-corrected chi connectivity index (χ0v) is 17.6. The molecule has 158 valence electrons. The van der Waals surface area contributed by atoms with Gasteiger partial charge in [-0.15, -0.1) is 0 Å². The molecule has 7 nitrogen and oxygen atoms in total. The van der Waals surface area contributed by atoms with E-state index in [0.29, 0.717) is 18.9 Å². The molecule has 0 spiro atoms. The Hall–Kier alpha value is -2.41. The molecule has 1 aliphatic heterocycles. The van der Waals surface area contributed by atoms with Crippen LogP contribution >= 0.6 is 0 Å². The van der Waals surface area contributed by atoms with Gasteiger partial charge in [0, 0.05) is 6.04 Å². The molecule has 7 heteroatoms. The molecular formula is C22H32N4O3. The summed E-state index contributed by atoms with van der Waals surface area (Å²) >= 11 is 0. The summed E-state index contributed by atoms with van der Waals surface area (Å²) < 4.78 is 0. The van der Waals surface area contributed by atoms with Gasteiger partial charge < -0.3 is 5.32 Å². The van der Waals surface area contributed by atoms with Gasteiger partial charge in [0.2, 0.25) is 0 Å². The lowest BCUT2D eigenvalue weighted by atomic mass is 9.87. The fourth-order valence-corrected chi connectivity index (χ4v) is 4.19. The number of carbonyl (C=O) groups excluding carboxylic acids is 3. The number of nitrogens with zero attached hydrogens (tertiary/aromatic N) is 2. The van der Waals surface area contributed by atoms with Crippen LogP contribution in [0.3, 0.4) is 0 Å². The number of hydrogen-bond acceptors (Lipinski definition) is 4. The Balaban J connectivity index is 1.53. The number of likely N-dealkylation sites (N-methyl/N-ethyl adjacent to an activating group) is 1. The van der Waals surface area contributed by atoms with Crippen LogP contribution in [0.2, 0.25) is 0 Å². The van der Waals surface area contributed by atoms with E-state index >= 15 is 0 Å². The molecule has 1 atom stereocenters. The molecule has 1 aliphatic carbocycles. The summed E-state index contributed by atoms with van der Waals surface area (Å²) in [6.45, 7) is 4.13. The van der Waals surface area contributed by atoms with Crippen LogP contribution in [0.5, 0.6) is 0 Å². The Bertz CT molecular complexity index is 746. The molecule has 0 bridgehead atoms. The topological polar surface area (TPSA) is 81.8 Å². The molecule has 3 rings (SSSR count). The smallest absolute Gasteiger partial charge is 0.322 e. The zero-order chi connectivity index (χ0) is 21.0. The lowest BCUT2D eigenvalue weighted by Gasteiger charge is -2.33. The van der Waals surface area contributed by atoms with Crippen molar-refractivity contribution < 1.29 is 14.4 Å². The number of hydrogen-bond donors (Lipinski definition) is 2. The minimum atomic E-state index is -1.02. The first-order valence-electron chi connectivity index (χ1n) is 10.5. The van der Waals surface area contributed by atoms with Crippen molar-refractivity contribution >= 4 is 17.8 Å². The van der Waals surface area contributed by atoms with Crippen LogP contribution in [0.4, 0.5) is 4.79 Å². The Morgan fingerprint density at radius 3 is 2.52 bits per heavy atom. The highest BCUT2D eigenvalue weighted by molar-refractivity contribution is 6.07. The van der Waals surface area contributed by atoms with Gasteiger partial charge >= 0.3 is 6.03 Å². The van der Waals surface area contributed by atoms with Crippen LogP contribution in [-0.4, -0.2) is 52.9 Å². The first kappa shape index (κ1) is 21.3. The normalized spacial score (nSPS) is 27.2. The molecule has 2 aliphatic rings. The van der Waals surface area contributed by atoms with Crippen molar-refractivity contribution in [1.82, 2.24) is 20.7 Å². The maximum atomic E-state index is 12.8. The average molecular weight is 401 g/mol. The van der Waals surface area contributed by atoms with Crippen molar-refractivity contribution in [3.8, 4) is 0 Å². The summed E-state index contributed by atoms with van der Waals surface area (Å²) in [7, 11) is 1.93. The third-order valence-electron chi connectivity index (χ3n) is 6.26. The number of hydrazine groups is 1. The molecule has 2 fully saturated rings. The molecule has 1 aromatic carbocycles. The minimum Gasteiger partial charge on any atom is -0.322 e. The van der Waals surface area contributed by atoms with Crippen molar-refractivity contribution in [3.05, 3.63) is 35.9 Å². The van der Waals surface area contributed by atoms with Crippen LogP contribution in [0.25, 0.3) is 0 Å². The second-order valence-electron chi connectivity index (χ2n) is 8.75. The molecule has 2 N–H and O–H groups in total. The number of imide groups is 1. The third-order valence-corrected chi connectivity index (χ3v) is 6.26. The van der Waals surface area contributed by atoms with Gasteiger partial charge in [0.15, 0.2) is 0 Å². The number of nitrogens with one attached hydrogen (secondary N) is 2. The number of urea groups is 1. The van der Waals surface area contributed by atoms with Gasteiger partial charge in [-0.3, -0.25) is 19.9 Å². The predicted molar refractivity (Wildman–Crippen MR) is 111 cm³/mol. The second kappa shape index (κ2) is 8.95. The summed E-state index contributed by atoms with van der Waals surface area (Å²) in [5.74, 6) is -0.0178. The fraction of sp³-hybridized carbons (Fsp3) is 0.591. The van der Waals surface area contributed by atoms with Gasteiger partial charge in [-0.25, -0.2) is 4.79 Å². The summed E-state index contributed by atoms with van der Waals surface area (Å²) in [5.41, 5.74) is 2.58. The molecule has 1 unspecified atom stereocenters. The number of benzene rings is 1. The molecular weight excluding hydrogens is 368 g/mol. The Kier molecular flexibility index (Phi) is 6.57. The SMILES string of the molecule is CC1CCC(N(C)CC(=O)NN2C(=O)NC(C)(CCc3ccccc3)C2=O)CC1. The molecule has 29 heavy (non-hydrogen) atoms. The van der Waals surface area contributed by atoms with Crippen molar-refractivity contribution in [2.75, 3.05) is 13.6 Å². The van der Waals surface area contributed by atoms with Crippen LogP contribution in [0.15, 0.2) is 30.3 Å². The van der Waals surface area contributed by atoms with Gasteiger partial charge in [-0.05, 0) is 64.0 Å². The van der Waals surface area contributed by atoms with E-state index in [2.05, 4.69) is 17.7 Å². The summed E-state index contributed by atoms with van der Waals surface area (Å²) in [6, 6.07) is 9.61. The molecule has 0 aromatic heterocycles. The van der Waals surface area contributed by atoms with E-state index in [1.54, 1.807) is 6.92 Å². The maximum Gasteiger partial charge on any atom is 0.344 e. The van der Waals surface area contributed by atoms with Crippen molar-refractivity contribution in [2.24, 2.45) is 5.92 Å². The Morgan fingerprint density at radius 1 is 1.21 bits per heavy atom. The van der Waals surface area contributed by atoms with Crippen molar-refractivity contribution in [2.45, 2.75) is 64.0 Å². The van der Waals surface area contributed by atoms with E-state index in [9.17, 15) is 14.4 Å². The lowest BCUT2D eigenvalue weighted by Crippen LogP contribution is -2.52. The van der Waals surface area contributed by atoms with Crippen LogP contribution < -0.4 is 10.7 Å². The van der Waals surface area contributed by atoms with Crippen LogP contribution in [0, 0.1) is 5.92 Å². The van der Waals surface area contributed by atoms with Gasteiger partial charge in [0.05, 0.1) is 6.54 Å². The van der Waals surface area contributed by atoms with E-state index in [1.807, 2.05) is 42.3 Å². The molecule has 1 aromatic rings. The first-order valence-corrected chi connectivity index (χ1v) is 10.5. The first-order chi connectivity index (χ1) is 13.8. The predicted octanol–water partition coefficient (Wildman–Crippen LogP) is 2.47. The summed E-state index contributed by atoms with van der Waals surface area (Å²) in [5, 5.41) is 3.57. The largest absolute Gasteiger partial charge is 0.344 e. The van der Waals surface area contributed by atoms with Crippen molar-refractivity contribution in [1.29, 1.82) is 0 Å². The molecule has 1 saturated heterocycles. The van der Waals surface area contributed by atoms with Gasteiger partial charge in [0.25, 0.3) is 11.8 Å². The number of amides is 4. The maximum absolute atomic E-state index is 12.8. The summed E-state index contributed by atoms with van der Waals surface area (Å²) in [6.07, 6.45) is 5.62. The number of rotatable bonds is 7. The van der Waals surface area contributed by atoms with E-state index < -0.39 is 17.5 Å². The summed E-state index contributed by atoms with van der Waals surface area (Å²) in [4.78, 5) is 39.7. The van der Waals surface area contributed by atoms with E-state index in [4.69, 9.17) is 0 Å². The molecule has 1 saturated carbocycles. The highest BCUT2D eigenvalue weighted by Gasteiger charge is 2.48. The van der Waals surface area contributed by atoms with Crippen LogP contribution in [0.1, 0.15) is 51.5 Å². The second-order valence-corrected chi connectivity index (χ2v) is 8.75. The lowest BCUT2D eigenvalue weighted by molar-refractivity contribution is -0.139. The van der Waals surface area contributed by atoms with Gasteiger partial charge in [0.1, 0.15) is 5.54 Å². The standard InChI is InChI=1S/C22H32N4O3/c1-16-9-11-18(12-10-16)25(3)15-19(27)24-26-20(28)22(2,23-21(26)29)14-13-17-7-5-4-6-8-17/h4-8,16,18H,9-15H2,1-3H3,(H,23,29)(H,24,27). The monoisotopic (exact) mass is 400 g/mol. The van der Waals surface area contributed by atoms with E-state index in [0.717, 1.165) is 29.3 Å². The van der Waals surface area contributed by atoms with Crippen LogP contribution in [-0.2, 0) is 16.0 Å². The van der Waals surface area contributed by atoms with Crippen molar-refractivity contribution in [3.63, 3.8) is 0 Å². The third kappa shape index (κ3) is 5.15.